The third-order valence-corrected chi connectivity index (χ3v) is 5.48. The molecule has 0 amide bonds. The Kier molecular flexibility index (Phi) is 2.94. The van der Waals surface area contributed by atoms with Gasteiger partial charge in [-0.15, -0.1) is 0 Å². The number of para-hydroxylation sites is 1. The lowest BCUT2D eigenvalue weighted by Crippen LogP contribution is -2.50. The SMILES string of the molecule is CS(=O)(=O)c1cccc2sc(N3CC(C(=O)O)C3)nc12. The summed E-state index contributed by atoms with van der Waals surface area (Å²) in [6.07, 6.45) is 1.16. The van der Waals surface area contributed by atoms with Crippen molar-refractivity contribution in [1.82, 2.24) is 4.98 Å². The Bertz CT molecular complexity index is 791. The molecule has 0 aliphatic carbocycles. The zero-order chi connectivity index (χ0) is 14.5. The molecule has 2 heterocycles. The van der Waals surface area contributed by atoms with Crippen LogP contribution in [0.4, 0.5) is 5.13 Å². The second kappa shape index (κ2) is 4.42. The van der Waals surface area contributed by atoms with Crippen LogP contribution in [-0.2, 0) is 14.6 Å². The van der Waals surface area contributed by atoms with Gasteiger partial charge in [0.15, 0.2) is 15.0 Å². The van der Waals surface area contributed by atoms with E-state index in [2.05, 4.69) is 4.98 Å². The Balaban J connectivity index is 1.98. The number of nitrogens with zero attached hydrogens (tertiary/aromatic N) is 2. The number of carboxylic acid groups (broad SMARTS) is 1. The maximum Gasteiger partial charge on any atom is 0.310 e. The van der Waals surface area contributed by atoms with E-state index in [0.29, 0.717) is 23.7 Å². The van der Waals surface area contributed by atoms with E-state index in [4.69, 9.17) is 5.11 Å². The molecule has 1 aliphatic heterocycles. The standard InChI is InChI=1S/C12H12N2O4S2/c1-20(17,18)9-4-2-3-8-10(9)13-12(19-8)14-5-7(6-14)11(15)16/h2-4,7H,5-6H2,1H3,(H,15,16). The number of hydrogen-bond acceptors (Lipinski definition) is 6. The normalized spacial score (nSPS) is 16.4. The van der Waals surface area contributed by atoms with Crippen molar-refractivity contribution in [3.05, 3.63) is 18.2 Å². The van der Waals surface area contributed by atoms with Gasteiger partial charge in [0.1, 0.15) is 5.52 Å². The number of fused-ring (bicyclic) bond motifs is 1. The fourth-order valence-electron chi connectivity index (χ4n) is 2.14. The molecule has 0 atom stereocenters. The van der Waals surface area contributed by atoms with Crippen LogP contribution in [0.25, 0.3) is 10.2 Å². The molecule has 106 valence electrons. The van der Waals surface area contributed by atoms with Gasteiger partial charge in [0.2, 0.25) is 0 Å². The van der Waals surface area contributed by atoms with Gasteiger partial charge in [-0.05, 0) is 12.1 Å². The van der Waals surface area contributed by atoms with Crippen LogP contribution in [0.5, 0.6) is 0 Å². The summed E-state index contributed by atoms with van der Waals surface area (Å²) in [5.74, 6) is -1.17. The smallest absolute Gasteiger partial charge is 0.310 e. The second-order valence-electron chi connectivity index (χ2n) is 4.81. The van der Waals surface area contributed by atoms with Gasteiger partial charge in [0.25, 0.3) is 0 Å². The van der Waals surface area contributed by atoms with Gasteiger partial charge in [-0.25, -0.2) is 13.4 Å². The predicted molar refractivity (Wildman–Crippen MR) is 76.1 cm³/mol. The fourth-order valence-corrected chi connectivity index (χ4v) is 4.04. The van der Waals surface area contributed by atoms with E-state index in [-0.39, 0.29) is 10.8 Å². The molecule has 3 rings (SSSR count). The largest absolute Gasteiger partial charge is 0.481 e. The molecule has 1 fully saturated rings. The monoisotopic (exact) mass is 312 g/mol. The van der Waals surface area contributed by atoms with Crippen molar-refractivity contribution in [1.29, 1.82) is 0 Å². The van der Waals surface area contributed by atoms with E-state index < -0.39 is 15.8 Å². The van der Waals surface area contributed by atoms with Crippen molar-refractivity contribution in [2.24, 2.45) is 5.92 Å². The summed E-state index contributed by atoms with van der Waals surface area (Å²) in [5.41, 5.74) is 0.466. The molecule has 0 radical (unpaired) electrons. The lowest BCUT2D eigenvalue weighted by Gasteiger charge is -2.36. The number of rotatable bonds is 3. The van der Waals surface area contributed by atoms with Gasteiger partial charge >= 0.3 is 5.97 Å². The first-order valence-corrected chi connectivity index (χ1v) is 8.64. The zero-order valence-corrected chi connectivity index (χ0v) is 12.2. The maximum atomic E-state index is 11.7. The Morgan fingerprint density at radius 3 is 2.75 bits per heavy atom. The Labute approximate surface area is 119 Å². The van der Waals surface area contributed by atoms with Crippen molar-refractivity contribution in [3.63, 3.8) is 0 Å². The first-order chi connectivity index (χ1) is 9.36. The molecule has 1 aromatic carbocycles. The fraction of sp³-hybridized carbons (Fsp3) is 0.333. The molecule has 1 N–H and O–H groups in total. The molecule has 8 heteroatoms. The average Bonchev–Trinajstić information content (AvgIpc) is 2.67. The number of anilines is 1. The van der Waals surface area contributed by atoms with Crippen LogP contribution in [0.1, 0.15) is 0 Å². The number of carboxylic acids is 1. The van der Waals surface area contributed by atoms with Crippen molar-refractivity contribution in [2.75, 3.05) is 24.2 Å². The minimum atomic E-state index is -3.32. The molecule has 0 bridgehead atoms. The highest BCUT2D eigenvalue weighted by molar-refractivity contribution is 7.91. The number of hydrogen-bond donors (Lipinski definition) is 1. The van der Waals surface area contributed by atoms with Gasteiger partial charge < -0.3 is 10.0 Å². The average molecular weight is 312 g/mol. The maximum absolute atomic E-state index is 11.7. The van der Waals surface area contributed by atoms with Gasteiger partial charge in [-0.2, -0.15) is 0 Å². The van der Waals surface area contributed by atoms with Gasteiger partial charge in [-0.1, -0.05) is 17.4 Å². The number of thiazole rings is 1. The summed E-state index contributed by atoms with van der Waals surface area (Å²) in [5, 5.41) is 9.54. The van der Waals surface area contributed by atoms with Gasteiger partial charge in [0, 0.05) is 19.3 Å². The minimum Gasteiger partial charge on any atom is -0.481 e. The molecule has 0 unspecified atom stereocenters. The molecule has 0 spiro atoms. The molecule has 2 aromatic rings. The molecule has 6 nitrogen and oxygen atoms in total. The number of aliphatic carboxylic acids is 1. The molecule has 1 aliphatic rings. The lowest BCUT2D eigenvalue weighted by molar-refractivity contribution is -0.142. The third kappa shape index (κ3) is 2.14. The Hall–Kier alpha value is -1.67. The van der Waals surface area contributed by atoms with Crippen molar-refractivity contribution in [2.45, 2.75) is 4.90 Å². The molecule has 1 saturated heterocycles. The summed E-state index contributed by atoms with van der Waals surface area (Å²) >= 11 is 1.38. The van der Waals surface area contributed by atoms with E-state index in [1.165, 1.54) is 17.4 Å². The number of carbonyl (C=O) groups is 1. The Morgan fingerprint density at radius 2 is 2.15 bits per heavy atom. The summed E-state index contributed by atoms with van der Waals surface area (Å²) in [7, 11) is -3.32. The highest BCUT2D eigenvalue weighted by Gasteiger charge is 2.34. The van der Waals surface area contributed by atoms with Crippen LogP contribution < -0.4 is 4.90 Å². The van der Waals surface area contributed by atoms with Gasteiger partial charge in [0.05, 0.1) is 15.5 Å². The van der Waals surface area contributed by atoms with E-state index in [9.17, 15) is 13.2 Å². The van der Waals surface area contributed by atoms with Crippen LogP contribution in [-0.4, -0.2) is 43.8 Å². The van der Waals surface area contributed by atoms with Crippen LogP contribution in [0.3, 0.4) is 0 Å². The molecule has 0 saturated carbocycles. The zero-order valence-electron chi connectivity index (χ0n) is 10.6. The quantitative estimate of drug-likeness (QED) is 0.917. The van der Waals surface area contributed by atoms with Crippen LogP contribution in [0.15, 0.2) is 23.1 Å². The van der Waals surface area contributed by atoms with Crippen LogP contribution in [0, 0.1) is 5.92 Å². The summed E-state index contributed by atoms with van der Waals surface area (Å²) < 4.78 is 24.2. The van der Waals surface area contributed by atoms with Crippen molar-refractivity contribution < 1.29 is 18.3 Å². The highest BCUT2D eigenvalue weighted by Crippen LogP contribution is 2.35. The number of sulfone groups is 1. The molecule has 1 aromatic heterocycles. The van der Waals surface area contributed by atoms with Crippen molar-refractivity contribution >= 4 is 42.5 Å². The first kappa shape index (κ1) is 13.3. The molecular weight excluding hydrogens is 300 g/mol. The number of benzene rings is 1. The van der Waals surface area contributed by atoms with Gasteiger partial charge in [-0.3, -0.25) is 4.79 Å². The van der Waals surface area contributed by atoms with E-state index in [1.807, 2.05) is 11.0 Å². The van der Waals surface area contributed by atoms with Crippen molar-refractivity contribution in [3.8, 4) is 0 Å². The minimum absolute atomic E-state index is 0.216. The van der Waals surface area contributed by atoms with Crippen LogP contribution in [0.2, 0.25) is 0 Å². The highest BCUT2D eigenvalue weighted by atomic mass is 32.2. The van der Waals surface area contributed by atoms with E-state index in [0.717, 1.165) is 11.0 Å². The predicted octanol–water partition coefficient (Wildman–Crippen LogP) is 1.22. The third-order valence-electron chi connectivity index (χ3n) is 3.27. The number of aromatic nitrogens is 1. The molecular formula is C12H12N2O4S2. The first-order valence-electron chi connectivity index (χ1n) is 5.93. The summed E-state index contributed by atoms with van der Waals surface area (Å²) in [4.78, 5) is 17.2. The lowest BCUT2D eigenvalue weighted by atomic mass is 10.0. The van der Waals surface area contributed by atoms with Crippen LogP contribution >= 0.6 is 11.3 Å². The van der Waals surface area contributed by atoms with E-state index in [1.54, 1.807) is 6.07 Å². The summed E-state index contributed by atoms with van der Waals surface area (Å²) in [6, 6.07) is 5.05. The second-order valence-corrected chi connectivity index (χ2v) is 7.80. The Morgan fingerprint density at radius 1 is 1.45 bits per heavy atom. The molecule has 20 heavy (non-hydrogen) atoms. The topological polar surface area (TPSA) is 87.6 Å². The summed E-state index contributed by atoms with van der Waals surface area (Å²) in [6.45, 7) is 0.840. The van der Waals surface area contributed by atoms with E-state index >= 15 is 0 Å².